The van der Waals surface area contributed by atoms with E-state index < -0.39 is 0 Å². The number of nitrogens with one attached hydrogen (secondary N) is 1. The lowest BCUT2D eigenvalue weighted by atomic mass is 10.2. The summed E-state index contributed by atoms with van der Waals surface area (Å²) in [6.45, 7) is 3.33. The summed E-state index contributed by atoms with van der Waals surface area (Å²) in [5.41, 5.74) is 7.68. The predicted octanol–water partition coefficient (Wildman–Crippen LogP) is 2.78. The van der Waals surface area contributed by atoms with Crippen LogP contribution < -0.4 is 15.8 Å². The van der Waals surface area contributed by atoms with E-state index in [4.69, 9.17) is 10.5 Å². The first kappa shape index (κ1) is 12.7. The molecule has 0 bridgehead atoms. The second-order valence-electron chi connectivity index (χ2n) is 3.83. The molecule has 0 unspecified atom stereocenters. The van der Waals surface area contributed by atoms with E-state index in [-0.39, 0.29) is 0 Å². The molecule has 96 valence electrons. The number of nitrogens with two attached hydrogens (primary N) is 1. The number of pyridine rings is 1. The minimum absolute atomic E-state index is 0.498. The molecule has 18 heavy (non-hydrogen) atoms. The second-order valence-corrected chi connectivity index (χ2v) is 4.61. The van der Waals surface area contributed by atoms with E-state index in [0.717, 1.165) is 18.8 Å². The van der Waals surface area contributed by atoms with E-state index in [2.05, 4.69) is 27.1 Å². The predicted molar refractivity (Wildman–Crippen MR) is 76.3 cm³/mol. The summed E-state index contributed by atoms with van der Waals surface area (Å²) >= 11 is 1.72. The Kier molecular flexibility index (Phi) is 4.41. The van der Waals surface area contributed by atoms with Crippen LogP contribution in [0, 0.1) is 0 Å². The molecule has 0 aliphatic carbocycles. The minimum atomic E-state index is 0.498. The highest BCUT2D eigenvalue weighted by atomic mass is 32.1. The first-order valence-electron chi connectivity index (χ1n) is 5.94. The van der Waals surface area contributed by atoms with Crippen molar-refractivity contribution in [1.82, 2.24) is 4.98 Å². The van der Waals surface area contributed by atoms with Gasteiger partial charge in [-0.25, -0.2) is 0 Å². The van der Waals surface area contributed by atoms with Gasteiger partial charge in [-0.2, -0.15) is 16.3 Å². The van der Waals surface area contributed by atoms with Crippen molar-refractivity contribution >= 4 is 22.8 Å². The monoisotopic (exact) mass is 263 g/mol. The Balaban J connectivity index is 1.90. The summed E-state index contributed by atoms with van der Waals surface area (Å²) < 4.78 is 5.36. The smallest absolute Gasteiger partial charge is 0.239 e. The Labute approximate surface area is 111 Å². The quantitative estimate of drug-likeness (QED) is 0.841. The number of nitrogens with zero attached hydrogens (tertiary/aromatic N) is 1. The summed E-state index contributed by atoms with van der Waals surface area (Å²) in [7, 11) is 0. The molecule has 3 N–H and O–H groups in total. The van der Waals surface area contributed by atoms with E-state index in [1.165, 1.54) is 5.56 Å². The van der Waals surface area contributed by atoms with E-state index in [1.54, 1.807) is 11.3 Å². The van der Waals surface area contributed by atoms with Gasteiger partial charge in [0.05, 0.1) is 12.3 Å². The van der Waals surface area contributed by atoms with Crippen LogP contribution >= 0.6 is 11.3 Å². The van der Waals surface area contributed by atoms with Gasteiger partial charge in [0.2, 0.25) is 5.88 Å². The lowest BCUT2D eigenvalue weighted by Gasteiger charge is -2.09. The van der Waals surface area contributed by atoms with Crippen LogP contribution in [-0.4, -0.2) is 18.1 Å². The zero-order valence-electron chi connectivity index (χ0n) is 10.3. The van der Waals surface area contributed by atoms with Gasteiger partial charge in [-0.1, -0.05) is 0 Å². The minimum Gasteiger partial charge on any atom is -0.476 e. The number of hydrogen-bond donors (Lipinski definition) is 2. The van der Waals surface area contributed by atoms with Crippen molar-refractivity contribution in [3.8, 4) is 5.88 Å². The maximum Gasteiger partial charge on any atom is 0.239 e. The third-order valence-electron chi connectivity index (χ3n) is 2.47. The van der Waals surface area contributed by atoms with Crippen molar-refractivity contribution in [1.29, 1.82) is 0 Å². The second kappa shape index (κ2) is 6.26. The summed E-state index contributed by atoms with van der Waals surface area (Å²) in [5.74, 6) is 1.29. The zero-order chi connectivity index (χ0) is 12.8. The van der Waals surface area contributed by atoms with Crippen molar-refractivity contribution < 1.29 is 4.74 Å². The molecule has 0 aliphatic rings. The normalized spacial score (nSPS) is 10.3. The Morgan fingerprint density at radius 3 is 3.00 bits per heavy atom. The van der Waals surface area contributed by atoms with Gasteiger partial charge in [0.15, 0.2) is 0 Å². The fourth-order valence-electron chi connectivity index (χ4n) is 1.57. The molecule has 2 aromatic rings. The van der Waals surface area contributed by atoms with Gasteiger partial charge >= 0.3 is 0 Å². The van der Waals surface area contributed by atoms with Gasteiger partial charge in [-0.3, -0.25) is 0 Å². The Hall–Kier alpha value is -1.75. The van der Waals surface area contributed by atoms with Crippen molar-refractivity contribution in [2.75, 3.05) is 24.2 Å². The van der Waals surface area contributed by atoms with Crippen LogP contribution in [0.1, 0.15) is 12.5 Å². The number of ether oxygens (including phenoxy) is 1. The number of nitrogen functional groups attached to an aromatic ring is 1. The van der Waals surface area contributed by atoms with Crippen LogP contribution in [0.15, 0.2) is 29.0 Å². The van der Waals surface area contributed by atoms with Gasteiger partial charge in [0, 0.05) is 6.54 Å². The molecule has 2 heterocycles. The zero-order valence-corrected chi connectivity index (χ0v) is 11.2. The fraction of sp³-hybridized carbons (Fsp3) is 0.308. The molecule has 0 saturated heterocycles. The Morgan fingerprint density at radius 2 is 2.28 bits per heavy atom. The largest absolute Gasteiger partial charge is 0.476 e. The van der Waals surface area contributed by atoms with Crippen LogP contribution in [-0.2, 0) is 6.42 Å². The maximum absolute atomic E-state index is 5.77. The van der Waals surface area contributed by atoms with Gasteiger partial charge in [-0.05, 0) is 47.9 Å². The lowest BCUT2D eigenvalue weighted by molar-refractivity contribution is 0.329. The van der Waals surface area contributed by atoms with E-state index in [1.807, 2.05) is 19.1 Å². The van der Waals surface area contributed by atoms with Gasteiger partial charge in [-0.15, -0.1) is 0 Å². The van der Waals surface area contributed by atoms with Crippen LogP contribution in [0.3, 0.4) is 0 Å². The standard InChI is InChI=1S/C13H17N3OS/c1-2-17-13-11(14)3-4-12(16-13)15-7-5-10-6-8-18-9-10/h3-4,6,8-9H,2,5,7,14H2,1H3,(H,15,16). The van der Waals surface area contributed by atoms with Crippen molar-refractivity contribution in [3.63, 3.8) is 0 Å². The van der Waals surface area contributed by atoms with Crippen LogP contribution in [0.2, 0.25) is 0 Å². The van der Waals surface area contributed by atoms with Gasteiger partial charge in [0.1, 0.15) is 5.82 Å². The molecule has 0 aliphatic heterocycles. The van der Waals surface area contributed by atoms with Gasteiger partial charge in [0.25, 0.3) is 0 Å². The first-order valence-corrected chi connectivity index (χ1v) is 6.88. The molecule has 2 rings (SSSR count). The van der Waals surface area contributed by atoms with Crippen LogP contribution in [0.25, 0.3) is 0 Å². The lowest BCUT2D eigenvalue weighted by Crippen LogP contribution is -2.07. The van der Waals surface area contributed by atoms with Crippen molar-refractivity contribution in [2.24, 2.45) is 0 Å². The molecule has 5 heteroatoms. The maximum atomic E-state index is 5.77. The molecule has 0 saturated carbocycles. The average Bonchev–Trinajstić information content (AvgIpc) is 2.87. The molecule has 0 radical (unpaired) electrons. The summed E-state index contributed by atoms with van der Waals surface area (Å²) in [4.78, 5) is 4.33. The van der Waals surface area contributed by atoms with Crippen LogP contribution in [0.5, 0.6) is 5.88 Å². The number of anilines is 2. The SMILES string of the molecule is CCOc1nc(NCCc2ccsc2)ccc1N. The van der Waals surface area contributed by atoms with E-state index in [0.29, 0.717) is 18.2 Å². The van der Waals surface area contributed by atoms with Crippen molar-refractivity contribution in [2.45, 2.75) is 13.3 Å². The van der Waals surface area contributed by atoms with Crippen LogP contribution in [0.4, 0.5) is 11.5 Å². The molecule has 0 amide bonds. The first-order chi connectivity index (χ1) is 8.79. The van der Waals surface area contributed by atoms with E-state index in [9.17, 15) is 0 Å². The molecule has 0 fully saturated rings. The fourth-order valence-corrected chi connectivity index (χ4v) is 2.27. The molecule has 2 aromatic heterocycles. The van der Waals surface area contributed by atoms with E-state index >= 15 is 0 Å². The Morgan fingerprint density at radius 1 is 1.39 bits per heavy atom. The number of hydrogen-bond acceptors (Lipinski definition) is 5. The highest BCUT2D eigenvalue weighted by molar-refractivity contribution is 7.07. The average molecular weight is 263 g/mol. The highest BCUT2D eigenvalue weighted by Gasteiger charge is 2.03. The molecular weight excluding hydrogens is 246 g/mol. The summed E-state index contributed by atoms with van der Waals surface area (Å²) in [6, 6.07) is 5.81. The Bertz CT molecular complexity index is 485. The van der Waals surface area contributed by atoms with Gasteiger partial charge < -0.3 is 15.8 Å². The molecule has 0 aromatic carbocycles. The summed E-state index contributed by atoms with van der Waals surface area (Å²) in [6.07, 6.45) is 0.986. The number of aromatic nitrogens is 1. The number of rotatable bonds is 6. The molecule has 0 spiro atoms. The highest BCUT2D eigenvalue weighted by Crippen LogP contribution is 2.20. The van der Waals surface area contributed by atoms with Crippen molar-refractivity contribution in [3.05, 3.63) is 34.5 Å². The molecular formula is C13H17N3OS. The topological polar surface area (TPSA) is 60.2 Å². The third-order valence-corrected chi connectivity index (χ3v) is 3.20. The molecule has 4 nitrogen and oxygen atoms in total. The third kappa shape index (κ3) is 3.37. The summed E-state index contributed by atoms with van der Waals surface area (Å²) in [5, 5.41) is 7.51. The number of thiophene rings is 1. The molecule has 0 atom stereocenters.